The van der Waals surface area contributed by atoms with Gasteiger partial charge in [0.05, 0.1) is 0 Å². The average molecular weight is 346 g/mol. The fraction of sp³-hybridized carbons (Fsp3) is 0.722. The van der Waals surface area contributed by atoms with Crippen LogP contribution in [0.4, 0.5) is 11.6 Å². The van der Waals surface area contributed by atoms with E-state index in [-0.39, 0.29) is 11.8 Å². The maximum atomic E-state index is 12.2. The molecule has 0 radical (unpaired) electrons. The van der Waals surface area contributed by atoms with E-state index in [9.17, 15) is 4.79 Å². The number of aryl methyl sites for hydroxylation is 1. The number of anilines is 2. The van der Waals surface area contributed by atoms with Crippen LogP contribution in [0.3, 0.4) is 0 Å². The first kappa shape index (κ1) is 17.9. The summed E-state index contributed by atoms with van der Waals surface area (Å²) in [5, 5.41) is 0. The molecular weight excluding hydrogens is 316 g/mol. The van der Waals surface area contributed by atoms with Gasteiger partial charge in [-0.15, -0.1) is 0 Å². The molecule has 0 aromatic carbocycles. The van der Waals surface area contributed by atoms with Gasteiger partial charge in [0.15, 0.2) is 0 Å². The predicted octanol–water partition coefficient (Wildman–Crippen LogP) is 0.841. The molecule has 2 fully saturated rings. The monoisotopic (exact) mass is 346 g/mol. The van der Waals surface area contributed by atoms with Gasteiger partial charge in [-0.25, -0.2) is 9.97 Å². The second-order valence-electron chi connectivity index (χ2n) is 7.39. The van der Waals surface area contributed by atoms with Gasteiger partial charge in [-0.05, 0) is 14.0 Å². The highest BCUT2D eigenvalue weighted by Gasteiger charge is 2.24. The van der Waals surface area contributed by atoms with Gasteiger partial charge in [-0.2, -0.15) is 0 Å². The number of hydrogen-bond acceptors (Lipinski definition) is 6. The van der Waals surface area contributed by atoms with Crippen LogP contribution < -0.4 is 9.80 Å². The lowest BCUT2D eigenvalue weighted by Gasteiger charge is -2.37. The first-order valence-corrected chi connectivity index (χ1v) is 9.27. The lowest BCUT2D eigenvalue weighted by atomic mass is 10.1. The van der Waals surface area contributed by atoms with Gasteiger partial charge in [-0.1, -0.05) is 13.8 Å². The molecule has 2 saturated heterocycles. The standard InChI is InChI=1S/C18H30N6O/c1-14(2)18(25)24-11-9-23(10-12-24)17-13-16(19-15(3)20-17)22-7-5-21(4)6-8-22/h13-14H,5-12H2,1-4H3. The summed E-state index contributed by atoms with van der Waals surface area (Å²) < 4.78 is 0. The maximum Gasteiger partial charge on any atom is 0.225 e. The number of likely N-dealkylation sites (N-methyl/N-ethyl adjacent to an activating group) is 1. The highest BCUT2D eigenvalue weighted by molar-refractivity contribution is 5.78. The van der Waals surface area contributed by atoms with Gasteiger partial charge in [0.2, 0.25) is 5.91 Å². The topological polar surface area (TPSA) is 55.8 Å². The molecule has 3 heterocycles. The zero-order chi connectivity index (χ0) is 18.0. The van der Waals surface area contributed by atoms with E-state index in [2.05, 4.69) is 37.8 Å². The van der Waals surface area contributed by atoms with E-state index in [1.165, 1.54) is 0 Å². The molecule has 7 heteroatoms. The van der Waals surface area contributed by atoms with Gasteiger partial charge in [0, 0.05) is 64.3 Å². The number of carbonyl (C=O) groups is 1. The molecule has 3 rings (SSSR count). The van der Waals surface area contributed by atoms with Crippen LogP contribution in [0.2, 0.25) is 0 Å². The Morgan fingerprint density at radius 3 is 1.88 bits per heavy atom. The van der Waals surface area contributed by atoms with E-state index in [0.717, 1.165) is 69.8 Å². The Morgan fingerprint density at radius 1 is 0.920 bits per heavy atom. The predicted molar refractivity (Wildman–Crippen MR) is 100 cm³/mol. The number of carbonyl (C=O) groups excluding carboxylic acids is 1. The van der Waals surface area contributed by atoms with E-state index in [0.29, 0.717) is 0 Å². The Labute approximate surface area is 150 Å². The zero-order valence-corrected chi connectivity index (χ0v) is 15.9. The van der Waals surface area contributed by atoms with Crippen LogP contribution in [0.1, 0.15) is 19.7 Å². The number of aromatic nitrogens is 2. The Balaban J connectivity index is 1.68. The van der Waals surface area contributed by atoms with Crippen LogP contribution >= 0.6 is 0 Å². The third-order valence-corrected chi connectivity index (χ3v) is 5.05. The zero-order valence-electron chi connectivity index (χ0n) is 15.9. The highest BCUT2D eigenvalue weighted by Crippen LogP contribution is 2.21. The maximum absolute atomic E-state index is 12.2. The van der Waals surface area contributed by atoms with Crippen LogP contribution in [0.25, 0.3) is 0 Å². The average Bonchev–Trinajstić information content (AvgIpc) is 2.61. The molecule has 0 aliphatic carbocycles. The highest BCUT2D eigenvalue weighted by atomic mass is 16.2. The Hall–Kier alpha value is -1.89. The molecule has 0 N–H and O–H groups in total. The Bertz CT molecular complexity index is 604. The molecular formula is C18H30N6O. The molecule has 0 spiro atoms. The summed E-state index contributed by atoms with van der Waals surface area (Å²) >= 11 is 0. The van der Waals surface area contributed by atoms with Crippen LogP contribution in [-0.2, 0) is 4.79 Å². The van der Waals surface area contributed by atoms with Crippen LogP contribution in [0.5, 0.6) is 0 Å². The van der Waals surface area contributed by atoms with Crippen molar-refractivity contribution < 1.29 is 4.79 Å². The molecule has 2 aliphatic heterocycles. The minimum atomic E-state index is 0.0664. The van der Waals surface area contributed by atoms with Gasteiger partial charge >= 0.3 is 0 Å². The SMILES string of the molecule is Cc1nc(N2CCN(C)CC2)cc(N2CCN(C(=O)C(C)C)CC2)n1. The van der Waals surface area contributed by atoms with Crippen LogP contribution in [0, 0.1) is 12.8 Å². The number of rotatable bonds is 3. The van der Waals surface area contributed by atoms with Gasteiger partial charge in [0.1, 0.15) is 17.5 Å². The fourth-order valence-corrected chi connectivity index (χ4v) is 3.42. The minimum absolute atomic E-state index is 0.0664. The van der Waals surface area contributed by atoms with E-state index in [4.69, 9.17) is 0 Å². The summed E-state index contributed by atoms with van der Waals surface area (Å²) in [7, 11) is 2.16. The molecule has 0 unspecified atom stereocenters. The van der Waals surface area contributed by atoms with Crippen molar-refractivity contribution >= 4 is 17.5 Å². The Kier molecular flexibility index (Phi) is 5.42. The van der Waals surface area contributed by atoms with Gasteiger partial charge < -0.3 is 19.6 Å². The Morgan fingerprint density at radius 2 is 1.40 bits per heavy atom. The first-order valence-electron chi connectivity index (χ1n) is 9.27. The molecule has 1 aromatic rings. The summed E-state index contributed by atoms with van der Waals surface area (Å²) in [6.07, 6.45) is 0. The third-order valence-electron chi connectivity index (χ3n) is 5.05. The van der Waals surface area contributed by atoms with Gasteiger partial charge in [-0.3, -0.25) is 4.79 Å². The van der Waals surface area contributed by atoms with E-state index >= 15 is 0 Å². The van der Waals surface area contributed by atoms with Crippen LogP contribution in [-0.4, -0.2) is 85.1 Å². The van der Waals surface area contributed by atoms with Crippen LogP contribution in [0.15, 0.2) is 6.07 Å². The first-order chi connectivity index (χ1) is 11.9. The summed E-state index contributed by atoms with van der Waals surface area (Å²) in [4.78, 5) is 30.4. The number of hydrogen-bond donors (Lipinski definition) is 0. The summed E-state index contributed by atoms with van der Waals surface area (Å²) in [5.74, 6) is 3.13. The second kappa shape index (κ2) is 7.56. The van der Waals surface area contributed by atoms with Crippen molar-refractivity contribution in [2.24, 2.45) is 5.92 Å². The molecule has 2 aliphatic rings. The number of piperazine rings is 2. The van der Waals surface area contributed by atoms with E-state index < -0.39 is 0 Å². The molecule has 138 valence electrons. The van der Waals surface area contributed by atoms with Crippen molar-refractivity contribution in [3.8, 4) is 0 Å². The second-order valence-corrected chi connectivity index (χ2v) is 7.39. The number of amides is 1. The number of nitrogens with zero attached hydrogens (tertiary/aromatic N) is 6. The van der Waals surface area contributed by atoms with Crippen molar-refractivity contribution in [3.05, 3.63) is 11.9 Å². The largest absolute Gasteiger partial charge is 0.354 e. The molecule has 1 aromatic heterocycles. The molecule has 1 amide bonds. The normalized spacial score (nSPS) is 19.6. The quantitative estimate of drug-likeness (QED) is 0.808. The smallest absolute Gasteiger partial charge is 0.225 e. The lowest BCUT2D eigenvalue weighted by Crippen LogP contribution is -2.50. The van der Waals surface area contributed by atoms with Crippen molar-refractivity contribution in [2.75, 3.05) is 69.2 Å². The fourth-order valence-electron chi connectivity index (χ4n) is 3.42. The third kappa shape index (κ3) is 4.21. The minimum Gasteiger partial charge on any atom is -0.354 e. The summed E-state index contributed by atoms with van der Waals surface area (Å²) in [5.41, 5.74) is 0. The van der Waals surface area contributed by atoms with Crippen molar-refractivity contribution in [3.63, 3.8) is 0 Å². The summed E-state index contributed by atoms with van der Waals surface area (Å²) in [6, 6.07) is 2.11. The van der Waals surface area contributed by atoms with E-state index in [1.54, 1.807) is 0 Å². The summed E-state index contributed by atoms with van der Waals surface area (Å²) in [6.45, 7) is 13.2. The van der Waals surface area contributed by atoms with Crippen molar-refractivity contribution in [1.82, 2.24) is 19.8 Å². The van der Waals surface area contributed by atoms with Crippen molar-refractivity contribution in [1.29, 1.82) is 0 Å². The lowest BCUT2D eigenvalue weighted by molar-refractivity contribution is -0.134. The van der Waals surface area contributed by atoms with Crippen molar-refractivity contribution in [2.45, 2.75) is 20.8 Å². The van der Waals surface area contributed by atoms with Gasteiger partial charge in [0.25, 0.3) is 0 Å². The molecule has 7 nitrogen and oxygen atoms in total. The van der Waals surface area contributed by atoms with E-state index in [1.807, 2.05) is 25.7 Å². The molecule has 25 heavy (non-hydrogen) atoms. The molecule has 0 atom stereocenters. The molecule has 0 saturated carbocycles. The molecule has 0 bridgehead atoms.